The molecule has 0 aliphatic heterocycles. The highest BCUT2D eigenvalue weighted by Crippen LogP contribution is 2.15. The molecule has 0 atom stereocenters. The maximum Gasteiger partial charge on any atom is 0.408 e. The van der Waals surface area contributed by atoms with Gasteiger partial charge in [0.2, 0.25) is 11.8 Å². The van der Waals surface area contributed by atoms with Crippen molar-refractivity contribution in [3.8, 4) is 0 Å². The molecule has 0 aliphatic rings. The van der Waals surface area contributed by atoms with Gasteiger partial charge in [-0.3, -0.25) is 9.59 Å². The van der Waals surface area contributed by atoms with Crippen LogP contribution in [0.1, 0.15) is 37.5 Å². The van der Waals surface area contributed by atoms with E-state index >= 15 is 0 Å². The van der Waals surface area contributed by atoms with E-state index in [0.29, 0.717) is 5.69 Å². The molecular formula is C23H29N3O4. The van der Waals surface area contributed by atoms with Crippen LogP contribution < -0.4 is 16.0 Å². The number of rotatable bonds is 7. The number of alkyl carbamates (subject to hydrolysis) is 1. The lowest BCUT2D eigenvalue weighted by atomic mass is 10.1. The molecule has 7 nitrogen and oxygen atoms in total. The Morgan fingerprint density at radius 1 is 0.933 bits per heavy atom. The Morgan fingerprint density at radius 3 is 2.37 bits per heavy atom. The van der Waals surface area contributed by atoms with Crippen molar-refractivity contribution in [3.05, 3.63) is 65.2 Å². The van der Waals surface area contributed by atoms with Crippen molar-refractivity contribution < 1.29 is 19.1 Å². The van der Waals surface area contributed by atoms with E-state index in [0.717, 1.165) is 16.7 Å². The molecule has 0 saturated carbocycles. The Labute approximate surface area is 177 Å². The molecule has 160 valence electrons. The summed E-state index contributed by atoms with van der Waals surface area (Å²) >= 11 is 0. The van der Waals surface area contributed by atoms with Gasteiger partial charge in [0.05, 0.1) is 6.42 Å². The monoisotopic (exact) mass is 411 g/mol. The fraction of sp³-hybridized carbons (Fsp3) is 0.348. The summed E-state index contributed by atoms with van der Waals surface area (Å²) < 4.78 is 5.11. The molecule has 0 spiro atoms. The van der Waals surface area contributed by atoms with Crippen LogP contribution in [0.2, 0.25) is 0 Å². The lowest BCUT2D eigenvalue weighted by molar-refractivity contribution is -0.120. The van der Waals surface area contributed by atoms with E-state index < -0.39 is 11.7 Å². The third-order valence-corrected chi connectivity index (χ3v) is 4.01. The zero-order valence-corrected chi connectivity index (χ0v) is 17.9. The number of hydrogen-bond donors (Lipinski definition) is 3. The van der Waals surface area contributed by atoms with E-state index in [-0.39, 0.29) is 31.3 Å². The SMILES string of the molecule is Cc1cccc(CC(=O)NCc2ccccc2NC(=O)CNC(=O)OC(C)(C)C)c1. The van der Waals surface area contributed by atoms with Gasteiger partial charge in [-0.05, 0) is 44.9 Å². The van der Waals surface area contributed by atoms with Gasteiger partial charge in [0.15, 0.2) is 0 Å². The average molecular weight is 412 g/mol. The molecule has 7 heteroatoms. The van der Waals surface area contributed by atoms with Crippen molar-refractivity contribution in [1.29, 1.82) is 0 Å². The molecule has 30 heavy (non-hydrogen) atoms. The molecule has 0 fully saturated rings. The van der Waals surface area contributed by atoms with Crippen LogP contribution in [-0.4, -0.2) is 30.1 Å². The highest BCUT2D eigenvalue weighted by atomic mass is 16.6. The molecule has 3 amide bonds. The molecule has 3 N–H and O–H groups in total. The summed E-state index contributed by atoms with van der Waals surface area (Å²) in [5, 5.41) is 8.04. The number of nitrogens with one attached hydrogen (secondary N) is 3. The van der Waals surface area contributed by atoms with Gasteiger partial charge in [0.25, 0.3) is 0 Å². The van der Waals surface area contributed by atoms with E-state index in [1.54, 1.807) is 32.9 Å². The maximum absolute atomic E-state index is 12.3. The van der Waals surface area contributed by atoms with Gasteiger partial charge in [-0.1, -0.05) is 48.0 Å². The number of amides is 3. The minimum absolute atomic E-state index is 0.103. The van der Waals surface area contributed by atoms with Crippen LogP contribution in [0.5, 0.6) is 0 Å². The van der Waals surface area contributed by atoms with E-state index in [4.69, 9.17) is 4.74 Å². The zero-order chi connectivity index (χ0) is 22.1. The highest BCUT2D eigenvalue weighted by molar-refractivity contribution is 5.94. The standard InChI is InChI=1S/C23H29N3O4/c1-16-8-7-9-17(12-16)13-20(27)24-14-18-10-5-6-11-19(18)26-21(28)15-25-22(29)30-23(2,3)4/h5-12H,13-15H2,1-4H3,(H,24,27)(H,25,29)(H,26,28). The smallest absolute Gasteiger partial charge is 0.408 e. The zero-order valence-electron chi connectivity index (χ0n) is 17.9. The van der Waals surface area contributed by atoms with Gasteiger partial charge >= 0.3 is 6.09 Å². The average Bonchev–Trinajstić information content (AvgIpc) is 2.64. The Balaban J connectivity index is 1.87. The van der Waals surface area contributed by atoms with E-state index in [9.17, 15) is 14.4 Å². The molecule has 0 heterocycles. The summed E-state index contributed by atoms with van der Waals surface area (Å²) in [6, 6.07) is 15.0. The van der Waals surface area contributed by atoms with Crippen molar-refractivity contribution in [1.82, 2.24) is 10.6 Å². The van der Waals surface area contributed by atoms with Crippen molar-refractivity contribution >= 4 is 23.6 Å². The van der Waals surface area contributed by atoms with E-state index in [2.05, 4.69) is 16.0 Å². The predicted molar refractivity (Wildman–Crippen MR) is 116 cm³/mol. The summed E-state index contributed by atoms with van der Waals surface area (Å²) in [6.07, 6.45) is -0.370. The van der Waals surface area contributed by atoms with Crippen molar-refractivity contribution in [2.75, 3.05) is 11.9 Å². The summed E-state index contributed by atoms with van der Waals surface area (Å²) in [6.45, 7) is 7.28. The first-order valence-corrected chi connectivity index (χ1v) is 9.79. The second-order valence-corrected chi connectivity index (χ2v) is 8.00. The van der Waals surface area contributed by atoms with Gasteiger partial charge < -0.3 is 20.7 Å². The number of carbonyl (C=O) groups is 3. The number of para-hydroxylation sites is 1. The largest absolute Gasteiger partial charge is 0.444 e. The second kappa shape index (κ2) is 10.4. The van der Waals surface area contributed by atoms with Crippen molar-refractivity contribution in [2.45, 2.75) is 46.3 Å². The molecule has 0 saturated heterocycles. The quantitative estimate of drug-likeness (QED) is 0.651. The lowest BCUT2D eigenvalue weighted by Gasteiger charge is -2.19. The fourth-order valence-corrected chi connectivity index (χ4v) is 2.72. The maximum atomic E-state index is 12.3. The first-order chi connectivity index (χ1) is 14.1. The molecule has 0 radical (unpaired) electrons. The third kappa shape index (κ3) is 8.34. The van der Waals surface area contributed by atoms with Crippen LogP contribution in [0.4, 0.5) is 10.5 Å². The molecule has 2 aromatic rings. The minimum Gasteiger partial charge on any atom is -0.444 e. The van der Waals surface area contributed by atoms with Crippen LogP contribution >= 0.6 is 0 Å². The summed E-state index contributed by atoms with van der Waals surface area (Å²) in [4.78, 5) is 36.1. The molecule has 0 bridgehead atoms. The second-order valence-electron chi connectivity index (χ2n) is 8.00. The van der Waals surface area contributed by atoms with Gasteiger partial charge in [-0.15, -0.1) is 0 Å². The Morgan fingerprint density at radius 2 is 1.67 bits per heavy atom. The molecule has 0 unspecified atom stereocenters. The summed E-state index contributed by atoms with van der Waals surface area (Å²) in [5.41, 5.74) is 2.75. The fourth-order valence-electron chi connectivity index (χ4n) is 2.72. The van der Waals surface area contributed by atoms with E-state index in [1.807, 2.05) is 43.3 Å². The van der Waals surface area contributed by atoms with Crippen LogP contribution in [0.15, 0.2) is 48.5 Å². The van der Waals surface area contributed by atoms with Crippen molar-refractivity contribution in [3.63, 3.8) is 0 Å². The van der Waals surface area contributed by atoms with Crippen LogP contribution in [0.3, 0.4) is 0 Å². The van der Waals surface area contributed by atoms with Crippen LogP contribution in [0.25, 0.3) is 0 Å². The van der Waals surface area contributed by atoms with Crippen LogP contribution in [0, 0.1) is 6.92 Å². The van der Waals surface area contributed by atoms with Gasteiger partial charge in [-0.25, -0.2) is 4.79 Å². The number of ether oxygens (including phenoxy) is 1. The van der Waals surface area contributed by atoms with Gasteiger partial charge in [-0.2, -0.15) is 0 Å². The number of hydrogen-bond acceptors (Lipinski definition) is 4. The minimum atomic E-state index is -0.658. The van der Waals surface area contributed by atoms with Gasteiger partial charge in [0.1, 0.15) is 12.1 Å². The van der Waals surface area contributed by atoms with Crippen molar-refractivity contribution in [2.24, 2.45) is 0 Å². The Kier molecular flexibility index (Phi) is 7.98. The first kappa shape index (κ1) is 22.9. The number of aryl methyl sites for hydroxylation is 1. The first-order valence-electron chi connectivity index (χ1n) is 9.79. The molecule has 2 aromatic carbocycles. The van der Waals surface area contributed by atoms with E-state index in [1.165, 1.54) is 0 Å². The summed E-state index contributed by atoms with van der Waals surface area (Å²) in [5.74, 6) is -0.493. The van der Waals surface area contributed by atoms with Crippen LogP contribution in [-0.2, 0) is 27.3 Å². The highest BCUT2D eigenvalue weighted by Gasteiger charge is 2.17. The molecule has 0 aromatic heterocycles. The molecule has 0 aliphatic carbocycles. The Hall–Kier alpha value is -3.35. The number of anilines is 1. The topological polar surface area (TPSA) is 96.5 Å². The molecular weight excluding hydrogens is 382 g/mol. The normalized spacial score (nSPS) is 10.8. The number of carbonyl (C=O) groups excluding carboxylic acids is 3. The molecule has 2 rings (SSSR count). The Bertz CT molecular complexity index is 903. The van der Waals surface area contributed by atoms with Gasteiger partial charge in [0, 0.05) is 12.2 Å². The number of benzene rings is 2. The summed E-state index contributed by atoms with van der Waals surface area (Å²) in [7, 11) is 0. The third-order valence-electron chi connectivity index (χ3n) is 4.01. The predicted octanol–water partition coefficient (Wildman–Crippen LogP) is 3.32. The lowest BCUT2D eigenvalue weighted by Crippen LogP contribution is -2.37.